The zero-order valence-corrected chi connectivity index (χ0v) is 9.57. The molecule has 1 saturated heterocycles. The molecule has 0 aromatic rings. The molecule has 0 saturated carbocycles. The van der Waals surface area contributed by atoms with Gasteiger partial charge in [0.2, 0.25) is 0 Å². The minimum Gasteiger partial charge on any atom is -0.143 e. The van der Waals surface area contributed by atoms with Crippen molar-refractivity contribution >= 4 is 23.5 Å². The molecular weight excluding hydrogens is 172 g/mol. The summed E-state index contributed by atoms with van der Waals surface area (Å²) < 4.78 is 0.507. The van der Waals surface area contributed by atoms with Crippen molar-refractivity contribution in [3.63, 3.8) is 0 Å². The smallest absolute Gasteiger partial charge is 0.0657 e. The van der Waals surface area contributed by atoms with Gasteiger partial charge in [-0.3, -0.25) is 0 Å². The molecule has 2 heteroatoms. The highest BCUT2D eigenvalue weighted by atomic mass is 32.2. The summed E-state index contributed by atoms with van der Waals surface area (Å²) in [5.41, 5.74) is 0.452. The van der Waals surface area contributed by atoms with Crippen LogP contribution in [-0.2, 0) is 0 Å². The van der Waals surface area contributed by atoms with Gasteiger partial charge in [-0.1, -0.05) is 27.7 Å². The summed E-state index contributed by atoms with van der Waals surface area (Å²) >= 11 is 4.32. The molecule has 0 bridgehead atoms. The molecule has 0 spiro atoms. The van der Waals surface area contributed by atoms with Gasteiger partial charge in [-0.25, -0.2) is 0 Å². The van der Waals surface area contributed by atoms with Crippen LogP contribution in [0.3, 0.4) is 0 Å². The molecule has 0 nitrogen and oxygen atoms in total. The highest BCUT2D eigenvalue weighted by Crippen LogP contribution is 2.56. The lowest BCUT2D eigenvalue weighted by Gasteiger charge is -2.39. The lowest BCUT2D eigenvalue weighted by atomic mass is 9.89. The standard InChI is InChI=1S/C9H18S2/c1-5-9(8(2,3)4)10-6-7-11-9/h5-7H2,1-4H3. The summed E-state index contributed by atoms with van der Waals surface area (Å²) in [5, 5.41) is 0. The Kier molecular flexibility index (Phi) is 2.86. The van der Waals surface area contributed by atoms with E-state index in [-0.39, 0.29) is 0 Å². The minimum absolute atomic E-state index is 0.452. The van der Waals surface area contributed by atoms with Gasteiger partial charge in [0, 0.05) is 11.5 Å². The van der Waals surface area contributed by atoms with E-state index in [4.69, 9.17) is 0 Å². The zero-order valence-electron chi connectivity index (χ0n) is 7.94. The van der Waals surface area contributed by atoms with Crippen LogP contribution in [0.1, 0.15) is 34.1 Å². The second-order valence-electron chi connectivity index (χ2n) is 4.05. The van der Waals surface area contributed by atoms with Crippen molar-refractivity contribution in [2.24, 2.45) is 5.41 Å². The van der Waals surface area contributed by atoms with E-state index >= 15 is 0 Å². The van der Waals surface area contributed by atoms with Crippen LogP contribution in [0.5, 0.6) is 0 Å². The van der Waals surface area contributed by atoms with Crippen LogP contribution in [-0.4, -0.2) is 15.6 Å². The molecule has 0 atom stereocenters. The molecule has 0 aromatic heterocycles. The molecule has 0 radical (unpaired) electrons. The van der Waals surface area contributed by atoms with Crippen molar-refractivity contribution < 1.29 is 0 Å². The van der Waals surface area contributed by atoms with E-state index in [1.807, 2.05) is 0 Å². The van der Waals surface area contributed by atoms with Crippen LogP contribution in [0.2, 0.25) is 0 Å². The molecule has 1 fully saturated rings. The highest BCUT2D eigenvalue weighted by Gasteiger charge is 2.43. The van der Waals surface area contributed by atoms with E-state index in [1.54, 1.807) is 0 Å². The quantitative estimate of drug-likeness (QED) is 0.619. The van der Waals surface area contributed by atoms with Crippen molar-refractivity contribution in [2.75, 3.05) is 11.5 Å². The molecule has 11 heavy (non-hydrogen) atoms. The lowest BCUT2D eigenvalue weighted by molar-refractivity contribution is 0.362. The van der Waals surface area contributed by atoms with E-state index in [2.05, 4.69) is 51.2 Å². The van der Waals surface area contributed by atoms with Crippen LogP contribution >= 0.6 is 23.5 Å². The van der Waals surface area contributed by atoms with Crippen molar-refractivity contribution in [1.82, 2.24) is 0 Å². The molecule has 1 aliphatic heterocycles. The van der Waals surface area contributed by atoms with Gasteiger partial charge in [0.25, 0.3) is 0 Å². The first-order valence-electron chi connectivity index (χ1n) is 4.30. The molecule has 1 rings (SSSR count). The Balaban J connectivity index is 2.75. The van der Waals surface area contributed by atoms with Gasteiger partial charge in [0.05, 0.1) is 4.08 Å². The number of hydrogen-bond donors (Lipinski definition) is 0. The fourth-order valence-electron chi connectivity index (χ4n) is 1.62. The van der Waals surface area contributed by atoms with Gasteiger partial charge in [0.1, 0.15) is 0 Å². The van der Waals surface area contributed by atoms with E-state index in [0.717, 1.165) is 0 Å². The van der Waals surface area contributed by atoms with Gasteiger partial charge in [0.15, 0.2) is 0 Å². The van der Waals surface area contributed by atoms with Gasteiger partial charge >= 0.3 is 0 Å². The lowest BCUT2D eigenvalue weighted by Crippen LogP contribution is -2.33. The normalized spacial score (nSPS) is 24.0. The monoisotopic (exact) mass is 190 g/mol. The molecule has 0 unspecified atom stereocenters. The van der Waals surface area contributed by atoms with Crippen LogP contribution in [0.4, 0.5) is 0 Å². The van der Waals surface area contributed by atoms with Gasteiger partial charge in [-0.15, -0.1) is 23.5 Å². The first-order chi connectivity index (χ1) is 5.02. The first kappa shape index (κ1) is 9.79. The largest absolute Gasteiger partial charge is 0.143 e. The fourth-order valence-corrected chi connectivity index (χ4v) is 5.06. The maximum atomic E-state index is 2.36. The number of thioether (sulfide) groups is 2. The van der Waals surface area contributed by atoms with Crippen LogP contribution in [0.25, 0.3) is 0 Å². The SMILES string of the molecule is CCC1(C(C)(C)C)SCCS1. The summed E-state index contributed by atoms with van der Waals surface area (Å²) in [4.78, 5) is 0. The van der Waals surface area contributed by atoms with E-state index in [9.17, 15) is 0 Å². The molecular formula is C9H18S2. The molecule has 0 N–H and O–H groups in total. The Labute approximate surface area is 78.9 Å². The maximum absolute atomic E-state index is 2.36. The zero-order chi connectivity index (χ0) is 8.54. The third-order valence-corrected chi connectivity index (χ3v) is 6.88. The first-order valence-corrected chi connectivity index (χ1v) is 6.27. The summed E-state index contributed by atoms with van der Waals surface area (Å²) in [6.45, 7) is 9.40. The molecule has 66 valence electrons. The minimum atomic E-state index is 0.452. The number of rotatable bonds is 1. The van der Waals surface area contributed by atoms with Crippen LogP contribution in [0, 0.1) is 5.41 Å². The molecule has 1 heterocycles. The van der Waals surface area contributed by atoms with E-state index < -0.39 is 0 Å². The summed E-state index contributed by atoms with van der Waals surface area (Å²) in [5.74, 6) is 2.69. The van der Waals surface area contributed by atoms with Gasteiger partial charge < -0.3 is 0 Å². The van der Waals surface area contributed by atoms with E-state index in [0.29, 0.717) is 9.49 Å². The molecule has 0 aromatic carbocycles. The average molecular weight is 190 g/mol. The summed E-state index contributed by atoms with van der Waals surface area (Å²) in [7, 11) is 0. The maximum Gasteiger partial charge on any atom is 0.0657 e. The average Bonchev–Trinajstić information content (AvgIpc) is 2.33. The van der Waals surface area contributed by atoms with Gasteiger partial charge in [-0.05, 0) is 11.8 Å². The summed E-state index contributed by atoms with van der Waals surface area (Å²) in [6.07, 6.45) is 1.30. The molecule has 0 aliphatic carbocycles. The van der Waals surface area contributed by atoms with E-state index in [1.165, 1.54) is 17.9 Å². The Morgan fingerprint density at radius 2 is 1.64 bits per heavy atom. The van der Waals surface area contributed by atoms with Gasteiger partial charge in [-0.2, -0.15) is 0 Å². The topological polar surface area (TPSA) is 0 Å². The molecule has 0 amide bonds. The van der Waals surface area contributed by atoms with Crippen molar-refractivity contribution in [3.05, 3.63) is 0 Å². The third-order valence-electron chi connectivity index (χ3n) is 2.36. The van der Waals surface area contributed by atoms with Crippen LogP contribution in [0.15, 0.2) is 0 Å². The highest BCUT2D eigenvalue weighted by molar-refractivity contribution is 8.21. The van der Waals surface area contributed by atoms with Crippen molar-refractivity contribution in [3.8, 4) is 0 Å². The summed E-state index contributed by atoms with van der Waals surface area (Å²) in [6, 6.07) is 0. The Bertz CT molecular complexity index is 129. The Morgan fingerprint density at radius 1 is 1.18 bits per heavy atom. The van der Waals surface area contributed by atoms with Crippen molar-refractivity contribution in [1.29, 1.82) is 0 Å². The third kappa shape index (κ3) is 1.72. The van der Waals surface area contributed by atoms with Crippen molar-refractivity contribution in [2.45, 2.75) is 38.2 Å². The van der Waals surface area contributed by atoms with Crippen LogP contribution < -0.4 is 0 Å². The Hall–Kier alpha value is 0.700. The second-order valence-corrected chi connectivity index (χ2v) is 7.10. The molecule has 1 aliphatic rings. The number of hydrogen-bond acceptors (Lipinski definition) is 2. The second kappa shape index (κ2) is 3.21. The Morgan fingerprint density at radius 3 is 1.82 bits per heavy atom. The predicted octanol–water partition coefficient (Wildman–Crippen LogP) is 3.62. The fraction of sp³-hybridized carbons (Fsp3) is 1.00. The predicted molar refractivity (Wildman–Crippen MR) is 57.4 cm³/mol.